The van der Waals surface area contributed by atoms with Crippen LogP contribution in [0.2, 0.25) is 0 Å². The average molecular weight is 388 g/mol. The molecule has 0 spiro atoms. The lowest BCUT2D eigenvalue weighted by Crippen LogP contribution is -3.00. The van der Waals surface area contributed by atoms with Crippen LogP contribution < -0.4 is 12.4 Å². The minimum Gasteiger partial charge on any atom is -1.00 e. The van der Waals surface area contributed by atoms with Gasteiger partial charge in [-0.25, -0.2) is 8.42 Å². The van der Waals surface area contributed by atoms with E-state index in [1.165, 1.54) is 25.0 Å². The number of hydrogen-bond donors (Lipinski definition) is 1. The molecule has 7 heteroatoms. The zero-order chi connectivity index (χ0) is 17.2. The molecule has 1 aromatic rings. The van der Waals surface area contributed by atoms with Crippen LogP contribution in [0.4, 0.5) is 0 Å². The maximum atomic E-state index is 12.9. The van der Waals surface area contributed by atoms with Crippen molar-refractivity contribution in [3.8, 4) is 5.75 Å². The molecule has 1 aromatic carbocycles. The van der Waals surface area contributed by atoms with Crippen molar-refractivity contribution in [1.29, 1.82) is 0 Å². The maximum absolute atomic E-state index is 12.9. The first-order valence-corrected chi connectivity index (χ1v) is 10.4. The van der Waals surface area contributed by atoms with E-state index in [1.807, 2.05) is 0 Å². The van der Waals surface area contributed by atoms with Gasteiger partial charge in [0.25, 0.3) is 0 Å². The second kappa shape index (κ2) is 8.71. The largest absolute Gasteiger partial charge is 1.00 e. The second-order valence-corrected chi connectivity index (χ2v) is 9.11. The summed E-state index contributed by atoms with van der Waals surface area (Å²) in [5, 5.41) is 9.59. The van der Waals surface area contributed by atoms with E-state index in [2.05, 4.69) is 11.8 Å². The fourth-order valence-corrected chi connectivity index (χ4v) is 5.57. The van der Waals surface area contributed by atoms with Gasteiger partial charge < -0.3 is 22.4 Å². The number of hydrogen-bond acceptors (Lipinski definition) is 4. The molecule has 25 heavy (non-hydrogen) atoms. The van der Waals surface area contributed by atoms with Gasteiger partial charge in [-0.1, -0.05) is 13.0 Å². The highest BCUT2D eigenvalue weighted by molar-refractivity contribution is 7.89. The van der Waals surface area contributed by atoms with Crippen molar-refractivity contribution in [1.82, 2.24) is 9.21 Å². The summed E-state index contributed by atoms with van der Waals surface area (Å²) in [6.45, 7) is 6.13. The van der Waals surface area contributed by atoms with Crippen molar-refractivity contribution in [2.45, 2.75) is 50.0 Å². The van der Waals surface area contributed by atoms with Crippen LogP contribution in [0, 0.1) is 5.92 Å². The van der Waals surface area contributed by atoms with Crippen LogP contribution in [0.25, 0.3) is 0 Å². The Morgan fingerprint density at radius 2 is 1.88 bits per heavy atom. The normalized spacial score (nSPS) is 23.5. The van der Waals surface area contributed by atoms with E-state index >= 15 is 0 Å². The number of aromatic hydroxyl groups is 1. The van der Waals surface area contributed by atoms with Gasteiger partial charge in [-0.3, -0.25) is 0 Å². The van der Waals surface area contributed by atoms with Crippen LogP contribution >= 0.6 is 0 Å². The van der Waals surface area contributed by atoms with Crippen molar-refractivity contribution in [2.75, 3.05) is 26.2 Å². The molecule has 2 aliphatic heterocycles. The van der Waals surface area contributed by atoms with Gasteiger partial charge in [0.2, 0.25) is 10.0 Å². The quantitative estimate of drug-likeness (QED) is 0.751. The third kappa shape index (κ3) is 4.88. The Hall–Kier alpha value is -0.820. The molecule has 0 radical (unpaired) electrons. The summed E-state index contributed by atoms with van der Waals surface area (Å²) in [7, 11) is -3.52. The van der Waals surface area contributed by atoms with Crippen LogP contribution in [0.5, 0.6) is 5.75 Å². The second-order valence-electron chi connectivity index (χ2n) is 7.22. The molecule has 0 saturated carbocycles. The molecule has 2 saturated heterocycles. The number of likely N-dealkylation sites (tertiary alicyclic amines) is 1. The van der Waals surface area contributed by atoms with Gasteiger partial charge in [-0.05, 0) is 75.9 Å². The van der Waals surface area contributed by atoms with Crippen LogP contribution in [-0.2, 0) is 10.0 Å². The highest BCUT2D eigenvalue weighted by Crippen LogP contribution is 2.29. The van der Waals surface area contributed by atoms with Gasteiger partial charge in [-0.15, -0.1) is 0 Å². The number of rotatable bonds is 5. The summed E-state index contributed by atoms with van der Waals surface area (Å²) in [6, 6.07) is 6.07. The molecule has 0 aliphatic carbocycles. The fourth-order valence-electron chi connectivity index (χ4n) is 3.81. The molecule has 0 bridgehead atoms. The monoisotopic (exact) mass is 387 g/mol. The molecule has 1 atom stereocenters. The molecular formula is C18H28ClN2O3S-. The van der Waals surface area contributed by atoms with Gasteiger partial charge in [0, 0.05) is 12.6 Å². The number of piperidine rings is 1. The Morgan fingerprint density at radius 1 is 1.16 bits per heavy atom. The van der Waals surface area contributed by atoms with Gasteiger partial charge in [0.05, 0.1) is 4.90 Å². The van der Waals surface area contributed by atoms with Crippen LogP contribution in [0.1, 0.15) is 39.0 Å². The summed E-state index contributed by atoms with van der Waals surface area (Å²) >= 11 is 0. The highest BCUT2D eigenvalue weighted by atomic mass is 35.5. The number of phenolic OH excluding ortho intramolecular Hbond substituents is 1. The molecule has 2 fully saturated rings. The number of sulfonamides is 1. The van der Waals surface area contributed by atoms with Gasteiger partial charge in [-0.2, -0.15) is 4.31 Å². The third-order valence-electron chi connectivity index (χ3n) is 5.40. The van der Waals surface area contributed by atoms with Crippen molar-refractivity contribution >= 4 is 10.0 Å². The average Bonchev–Trinajstić information content (AvgIpc) is 3.04. The van der Waals surface area contributed by atoms with Crippen LogP contribution in [-0.4, -0.2) is 55.0 Å². The molecular weight excluding hydrogens is 360 g/mol. The number of halogens is 1. The Bertz CT molecular complexity index is 660. The Kier molecular flexibility index (Phi) is 7.14. The maximum Gasteiger partial charge on any atom is 0.243 e. The summed E-state index contributed by atoms with van der Waals surface area (Å²) in [6.07, 6.45) is 5.24. The molecule has 2 aliphatic rings. The molecule has 0 aromatic heterocycles. The minimum atomic E-state index is -3.52. The zero-order valence-corrected chi connectivity index (χ0v) is 16.3. The van der Waals surface area contributed by atoms with E-state index in [0.717, 1.165) is 44.8 Å². The van der Waals surface area contributed by atoms with E-state index in [9.17, 15) is 13.5 Å². The molecule has 1 unspecified atom stereocenters. The topological polar surface area (TPSA) is 60.9 Å². The lowest BCUT2D eigenvalue weighted by Gasteiger charge is -2.32. The van der Waals surface area contributed by atoms with Gasteiger partial charge in [0.15, 0.2) is 0 Å². The number of phenols is 1. The van der Waals surface area contributed by atoms with E-state index in [-0.39, 0.29) is 29.1 Å². The summed E-state index contributed by atoms with van der Waals surface area (Å²) in [5.74, 6) is 0.810. The van der Waals surface area contributed by atoms with E-state index in [1.54, 1.807) is 16.4 Å². The number of benzene rings is 1. The molecule has 5 nitrogen and oxygen atoms in total. The number of nitrogens with zero attached hydrogens (tertiary/aromatic N) is 2. The molecule has 1 N–H and O–H groups in total. The minimum absolute atomic E-state index is 0. The predicted molar refractivity (Wildman–Crippen MR) is 94.5 cm³/mol. The fraction of sp³-hybridized carbons (Fsp3) is 0.667. The molecule has 142 valence electrons. The molecule has 0 amide bonds. The van der Waals surface area contributed by atoms with Crippen molar-refractivity contribution < 1.29 is 25.9 Å². The lowest BCUT2D eigenvalue weighted by molar-refractivity contribution is -0.00000892. The standard InChI is InChI=1S/C18H28N2O3S.ClH/c1-15-7-11-19(12-8-15)13-9-16-4-3-10-20(16)24(22,23)18-6-2-5-17(21)14-18;/h2,5-6,14-16,21H,3-4,7-13H2,1H3;1H/p-1. The van der Waals surface area contributed by atoms with E-state index < -0.39 is 10.0 Å². The first kappa shape index (κ1) is 20.5. The Labute approximate surface area is 157 Å². The summed E-state index contributed by atoms with van der Waals surface area (Å²) in [4.78, 5) is 2.67. The summed E-state index contributed by atoms with van der Waals surface area (Å²) in [5.41, 5.74) is 0. The van der Waals surface area contributed by atoms with E-state index in [4.69, 9.17) is 0 Å². The molecule has 2 heterocycles. The van der Waals surface area contributed by atoms with Crippen molar-refractivity contribution in [3.63, 3.8) is 0 Å². The van der Waals surface area contributed by atoms with Crippen LogP contribution in [0.15, 0.2) is 29.2 Å². The Morgan fingerprint density at radius 3 is 2.56 bits per heavy atom. The van der Waals surface area contributed by atoms with Crippen molar-refractivity contribution in [3.05, 3.63) is 24.3 Å². The lowest BCUT2D eigenvalue weighted by atomic mass is 9.99. The highest BCUT2D eigenvalue weighted by Gasteiger charge is 2.35. The zero-order valence-electron chi connectivity index (χ0n) is 14.8. The predicted octanol–water partition coefficient (Wildman–Crippen LogP) is -0.329. The van der Waals surface area contributed by atoms with Crippen LogP contribution in [0.3, 0.4) is 0 Å². The van der Waals surface area contributed by atoms with Gasteiger partial charge in [0.1, 0.15) is 5.75 Å². The third-order valence-corrected chi connectivity index (χ3v) is 7.35. The molecule has 3 rings (SSSR count). The SMILES string of the molecule is CC1CCN(CCC2CCCN2S(=O)(=O)c2cccc(O)c2)CC1.[Cl-]. The first-order chi connectivity index (χ1) is 11.5. The Balaban J connectivity index is 0.00000225. The first-order valence-electron chi connectivity index (χ1n) is 9.00. The van der Waals surface area contributed by atoms with Gasteiger partial charge >= 0.3 is 0 Å². The summed E-state index contributed by atoms with van der Waals surface area (Å²) < 4.78 is 27.4. The smallest absolute Gasteiger partial charge is 0.243 e. The van der Waals surface area contributed by atoms with Crippen molar-refractivity contribution in [2.24, 2.45) is 5.92 Å². The van der Waals surface area contributed by atoms with E-state index in [0.29, 0.717) is 6.54 Å².